The number of nitrogens with zero attached hydrogens (tertiary/aromatic N) is 2. The van der Waals surface area contributed by atoms with Gasteiger partial charge in [0.15, 0.2) is 0 Å². The maximum Gasteiger partial charge on any atom is 0.269 e. The first-order chi connectivity index (χ1) is 8.56. The second kappa shape index (κ2) is 6.70. The Kier molecular flexibility index (Phi) is 5.26. The minimum atomic E-state index is -0.460. The number of rotatable bonds is 6. The molecule has 1 amide bonds. The molecule has 0 aliphatic rings. The van der Waals surface area contributed by atoms with Gasteiger partial charge in [0.1, 0.15) is 0 Å². The molecule has 1 aromatic carbocycles. The monoisotopic (exact) mass is 251 g/mol. The van der Waals surface area contributed by atoms with E-state index in [2.05, 4.69) is 5.32 Å². The molecule has 1 rings (SSSR count). The van der Waals surface area contributed by atoms with E-state index in [0.29, 0.717) is 12.1 Å². The predicted octanol–water partition coefficient (Wildman–Crippen LogP) is 1.56. The van der Waals surface area contributed by atoms with Crippen LogP contribution in [0.2, 0.25) is 0 Å². The van der Waals surface area contributed by atoms with Crippen LogP contribution in [-0.2, 0) is 4.79 Å². The fourth-order valence-electron chi connectivity index (χ4n) is 1.53. The summed E-state index contributed by atoms with van der Waals surface area (Å²) in [5.74, 6) is -0.000830. The Hall–Kier alpha value is -1.95. The molecule has 0 aromatic heterocycles. The van der Waals surface area contributed by atoms with E-state index < -0.39 is 4.92 Å². The van der Waals surface area contributed by atoms with Crippen molar-refractivity contribution in [2.45, 2.75) is 12.8 Å². The van der Waals surface area contributed by atoms with Crippen LogP contribution in [0.5, 0.6) is 0 Å². The lowest BCUT2D eigenvalue weighted by molar-refractivity contribution is -0.384. The van der Waals surface area contributed by atoms with Gasteiger partial charge >= 0.3 is 0 Å². The van der Waals surface area contributed by atoms with E-state index in [1.165, 1.54) is 17.0 Å². The smallest absolute Gasteiger partial charge is 0.269 e. The van der Waals surface area contributed by atoms with Crippen LogP contribution in [0.1, 0.15) is 12.8 Å². The van der Waals surface area contributed by atoms with Gasteiger partial charge in [0.25, 0.3) is 5.69 Å². The Morgan fingerprint density at radius 1 is 1.39 bits per heavy atom. The van der Waals surface area contributed by atoms with Crippen molar-refractivity contribution in [3.8, 4) is 0 Å². The molecule has 0 radical (unpaired) electrons. The van der Waals surface area contributed by atoms with Crippen molar-refractivity contribution in [1.29, 1.82) is 0 Å². The zero-order chi connectivity index (χ0) is 13.5. The number of hydrogen-bond acceptors (Lipinski definition) is 4. The average molecular weight is 251 g/mol. The minimum Gasteiger partial charge on any atom is -0.320 e. The normalized spacial score (nSPS) is 10.1. The van der Waals surface area contributed by atoms with Gasteiger partial charge in [-0.15, -0.1) is 0 Å². The summed E-state index contributed by atoms with van der Waals surface area (Å²) in [6.45, 7) is 0.792. The quantitative estimate of drug-likeness (QED) is 0.473. The van der Waals surface area contributed by atoms with Crippen LogP contribution < -0.4 is 10.2 Å². The fourth-order valence-corrected chi connectivity index (χ4v) is 1.53. The van der Waals surface area contributed by atoms with E-state index in [4.69, 9.17) is 0 Å². The lowest BCUT2D eigenvalue weighted by atomic mass is 10.2. The van der Waals surface area contributed by atoms with E-state index in [1.807, 2.05) is 7.05 Å². The number of anilines is 1. The molecular formula is C12H17N3O3. The molecule has 6 heteroatoms. The number of nitro benzene ring substituents is 1. The van der Waals surface area contributed by atoms with Gasteiger partial charge < -0.3 is 10.2 Å². The first-order valence-corrected chi connectivity index (χ1v) is 5.72. The Bertz CT molecular complexity index is 417. The number of hydrogen-bond donors (Lipinski definition) is 1. The van der Waals surface area contributed by atoms with E-state index in [1.54, 1.807) is 19.2 Å². The molecule has 1 aromatic rings. The van der Waals surface area contributed by atoms with Crippen LogP contribution in [-0.4, -0.2) is 31.5 Å². The molecule has 0 aliphatic heterocycles. The van der Waals surface area contributed by atoms with Crippen molar-refractivity contribution in [2.24, 2.45) is 0 Å². The number of nitro groups is 1. The van der Waals surface area contributed by atoms with Gasteiger partial charge in [-0.3, -0.25) is 14.9 Å². The first kappa shape index (κ1) is 14.1. The van der Waals surface area contributed by atoms with E-state index in [9.17, 15) is 14.9 Å². The third-order valence-electron chi connectivity index (χ3n) is 2.64. The van der Waals surface area contributed by atoms with Crippen molar-refractivity contribution < 1.29 is 9.72 Å². The third kappa shape index (κ3) is 3.81. The number of carbonyl (C=O) groups excluding carboxylic acids is 1. The zero-order valence-corrected chi connectivity index (χ0v) is 10.5. The molecule has 0 bridgehead atoms. The topological polar surface area (TPSA) is 75.5 Å². The van der Waals surface area contributed by atoms with Gasteiger partial charge in [0.2, 0.25) is 5.91 Å². The summed E-state index contributed by atoms with van der Waals surface area (Å²) in [7, 11) is 3.51. The summed E-state index contributed by atoms with van der Waals surface area (Å²) in [6, 6.07) is 5.95. The number of amides is 1. The standard InChI is InChI=1S/C12H17N3O3/c1-13-9-3-4-12(16)14(2)10-5-7-11(8-6-10)15(17)18/h5-8,13H,3-4,9H2,1-2H3. The molecule has 6 nitrogen and oxygen atoms in total. The van der Waals surface area contributed by atoms with Crippen LogP contribution in [0.4, 0.5) is 11.4 Å². The van der Waals surface area contributed by atoms with Gasteiger partial charge in [0.05, 0.1) is 4.92 Å². The summed E-state index contributed by atoms with van der Waals surface area (Å²) in [4.78, 5) is 23.4. The predicted molar refractivity (Wildman–Crippen MR) is 69.7 cm³/mol. The van der Waals surface area contributed by atoms with Gasteiger partial charge in [-0.1, -0.05) is 0 Å². The average Bonchev–Trinajstić information content (AvgIpc) is 2.38. The number of non-ortho nitro benzene ring substituents is 1. The third-order valence-corrected chi connectivity index (χ3v) is 2.64. The van der Waals surface area contributed by atoms with Crippen molar-refractivity contribution in [1.82, 2.24) is 5.32 Å². The maximum absolute atomic E-state index is 11.8. The van der Waals surface area contributed by atoms with Crippen molar-refractivity contribution in [2.75, 3.05) is 25.5 Å². The molecule has 0 saturated heterocycles. The van der Waals surface area contributed by atoms with Crippen LogP contribution in [0.15, 0.2) is 24.3 Å². The highest BCUT2D eigenvalue weighted by Crippen LogP contribution is 2.18. The number of carbonyl (C=O) groups is 1. The highest BCUT2D eigenvalue weighted by Gasteiger charge is 2.12. The van der Waals surface area contributed by atoms with Crippen LogP contribution in [0.25, 0.3) is 0 Å². The highest BCUT2D eigenvalue weighted by molar-refractivity contribution is 5.92. The molecular weight excluding hydrogens is 234 g/mol. The van der Waals surface area contributed by atoms with Crippen molar-refractivity contribution in [3.05, 3.63) is 34.4 Å². The van der Waals surface area contributed by atoms with Crippen molar-refractivity contribution in [3.63, 3.8) is 0 Å². The summed E-state index contributed by atoms with van der Waals surface area (Å²) in [5.41, 5.74) is 0.685. The van der Waals surface area contributed by atoms with Crippen LogP contribution >= 0.6 is 0 Å². The van der Waals surface area contributed by atoms with Gasteiger partial charge in [-0.2, -0.15) is 0 Å². The molecule has 0 saturated carbocycles. The molecule has 0 spiro atoms. The molecule has 1 N–H and O–H groups in total. The lowest BCUT2D eigenvalue weighted by Crippen LogP contribution is -2.26. The summed E-state index contributed by atoms with van der Waals surface area (Å²) >= 11 is 0. The molecule has 98 valence electrons. The largest absolute Gasteiger partial charge is 0.320 e. The Morgan fingerprint density at radius 2 is 2.00 bits per heavy atom. The van der Waals surface area contributed by atoms with E-state index in [0.717, 1.165) is 13.0 Å². The highest BCUT2D eigenvalue weighted by atomic mass is 16.6. The molecule has 0 fully saturated rings. The lowest BCUT2D eigenvalue weighted by Gasteiger charge is -2.17. The van der Waals surface area contributed by atoms with Gasteiger partial charge in [0, 0.05) is 31.3 Å². The first-order valence-electron chi connectivity index (χ1n) is 5.72. The minimum absolute atomic E-state index is 0.000830. The number of nitrogens with one attached hydrogen (secondary N) is 1. The second-order valence-electron chi connectivity index (χ2n) is 3.93. The molecule has 0 atom stereocenters. The molecule has 0 unspecified atom stereocenters. The summed E-state index contributed by atoms with van der Waals surface area (Å²) in [6.07, 6.45) is 1.22. The Labute approximate surface area is 106 Å². The van der Waals surface area contributed by atoms with Gasteiger partial charge in [-0.25, -0.2) is 0 Å². The Morgan fingerprint density at radius 3 is 2.50 bits per heavy atom. The molecule has 0 aliphatic carbocycles. The van der Waals surface area contributed by atoms with Crippen molar-refractivity contribution >= 4 is 17.3 Å². The van der Waals surface area contributed by atoms with Gasteiger partial charge in [-0.05, 0) is 32.1 Å². The zero-order valence-electron chi connectivity index (χ0n) is 10.5. The second-order valence-corrected chi connectivity index (χ2v) is 3.93. The Balaban J connectivity index is 2.63. The fraction of sp³-hybridized carbons (Fsp3) is 0.417. The molecule has 0 heterocycles. The summed E-state index contributed by atoms with van der Waals surface area (Å²) in [5, 5.41) is 13.5. The summed E-state index contributed by atoms with van der Waals surface area (Å²) < 4.78 is 0. The van der Waals surface area contributed by atoms with E-state index in [-0.39, 0.29) is 11.6 Å². The SMILES string of the molecule is CNCCCC(=O)N(C)c1ccc([N+](=O)[O-])cc1. The van der Waals surface area contributed by atoms with E-state index >= 15 is 0 Å². The van der Waals surface area contributed by atoms with Crippen LogP contribution in [0.3, 0.4) is 0 Å². The van der Waals surface area contributed by atoms with Crippen LogP contribution in [0, 0.1) is 10.1 Å². The number of benzene rings is 1. The molecule has 18 heavy (non-hydrogen) atoms. The maximum atomic E-state index is 11.8.